The second kappa shape index (κ2) is 3.73. The zero-order chi connectivity index (χ0) is 13.2. The van der Waals surface area contributed by atoms with Crippen molar-refractivity contribution in [2.75, 3.05) is 6.61 Å². The first-order valence-corrected chi connectivity index (χ1v) is 7.59. The molecule has 5 atom stereocenters. The largest absolute Gasteiger partial charge is 0.387 e. The van der Waals surface area contributed by atoms with Gasteiger partial charge in [-0.3, -0.25) is 0 Å². The van der Waals surface area contributed by atoms with Crippen LogP contribution in [0.25, 0.3) is 0 Å². The second-order valence-corrected chi connectivity index (χ2v) is 8.38. The fraction of sp³-hybridized carbons (Fsp3) is 1.00. The summed E-state index contributed by atoms with van der Waals surface area (Å²) >= 11 is 0. The summed E-state index contributed by atoms with van der Waals surface area (Å²) in [6.45, 7) is 10.0. The fourth-order valence-electron chi connectivity index (χ4n) is 4.99. The van der Waals surface area contributed by atoms with Gasteiger partial charge in [-0.25, -0.2) is 0 Å². The van der Waals surface area contributed by atoms with Gasteiger partial charge in [0.1, 0.15) is 0 Å². The second-order valence-electron chi connectivity index (χ2n) is 8.38. The highest BCUT2D eigenvalue weighted by Crippen LogP contribution is 2.62. The van der Waals surface area contributed by atoms with Gasteiger partial charge in [0.25, 0.3) is 0 Å². The van der Waals surface area contributed by atoms with Crippen molar-refractivity contribution in [2.24, 2.45) is 22.7 Å². The van der Waals surface area contributed by atoms with Crippen LogP contribution in [-0.2, 0) is 4.74 Å². The predicted octanol–water partition coefficient (Wildman–Crippen LogP) is 3.38. The van der Waals surface area contributed by atoms with Crippen LogP contribution >= 0.6 is 0 Å². The van der Waals surface area contributed by atoms with Crippen molar-refractivity contribution in [3.05, 3.63) is 0 Å². The van der Waals surface area contributed by atoms with Gasteiger partial charge in [0, 0.05) is 0 Å². The highest BCUT2D eigenvalue weighted by molar-refractivity contribution is 5.08. The maximum absolute atomic E-state index is 10.6. The van der Waals surface area contributed by atoms with E-state index in [0.29, 0.717) is 10.8 Å². The van der Waals surface area contributed by atoms with Crippen LogP contribution in [0.2, 0.25) is 0 Å². The Bertz CT molecular complexity index is 341. The number of hydrogen-bond donors (Lipinski definition) is 1. The lowest BCUT2D eigenvalue weighted by atomic mass is 9.67. The molecule has 0 radical (unpaired) electrons. The summed E-state index contributed by atoms with van der Waals surface area (Å²) in [4.78, 5) is 0. The van der Waals surface area contributed by atoms with Gasteiger partial charge in [-0.05, 0) is 61.7 Å². The van der Waals surface area contributed by atoms with E-state index in [1.165, 1.54) is 19.3 Å². The molecule has 1 heterocycles. The molecule has 1 N–H and O–H groups in total. The van der Waals surface area contributed by atoms with E-state index >= 15 is 0 Å². The summed E-state index contributed by atoms with van der Waals surface area (Å²) in [7, 11) is 0. The quantitative estimate of drug-likeness (QED) is 0.716. The summed E-state index contributed by atoms with van der Waals surface area (Å²) in [5.74, 6) is 1.56. The lowest BCUT2D eigenvalue weighted by molar-refractivity contribution is -0.0875. The zero-order valence-corrected chi connectivity index (χ0v) is 12.3. The standard InChI is InChI=1S/C16H28O2/c1-14(2,3)11-6-8-16-9-13(18-10-16)15(4,17)7-5-12(11)16/h11-13,17H,5-10H2,1-4H3/t11?,12-,13+,15+,16+/m0/s1. The highest BCUT2D eigenvalue weighted by atomic mass is 16.5. The van der Waals surface area contributed by atoms with Crippen molar-refractivity contribution in [3.8, 4) is 0 Å². The molecule has 2 saturated carbocycles. The van der Waals surface area contributed by atoms with E-state index < -0.39 is 5.60 Å². The highest BCUT2D eigenvalue weighted by Gasteiger charge is 2.59. The van der Waals surface area contributed by atoms with Crippen LogP contribution < -0.4 is 0 Å². The molecule has 1 unspecified atom stereocenters. The molecule has 0 aromatic heterocycles. The van der Waals surface area contributed by atoms with Gasteiger partial charge < -0.3 is 9.84 Å². The molecule has 3 rings (SSSR count). The maximum Gasteiger partial charge on any atom is 0.0880 e. The van der Waals surface area contributed by atoms with Crippen LogP contribution in [0.5, 0.6) is 0 Å². The van der Waals surface area contributed by atoms with Crippen LogP contribution in [0.1, 0.15) is 59.8 Å². The smallest absolute Gasteiger partial charge is 0.0880 e. The molecule has 3 aliphatic rings. The molecular weight excluding hydrogens is 224 g/mol. The minimum absolute atomic E-state index is 0.0845. The van der Waals surface area contributed by atoms with Gasteiger partial charge in [0.15, 0.2) is 0 Å². The van der Waals surface area contributed by atoms with Gasteiger partial charge in [0.05, 0.1) is 18.3 Å². The molecule has 1 aliphatic heterocycles. The molecule has 18 heavy (non-hydrogen) atoms. The van der Waals surface area contributed by atoms with Crippen molar-refractivity contribution in [1.82, 2.24) is 0 Å². The molecule has 0 amide bonds. The first-order chi connectivity index (χ1) is 8.25. The van der Waals surface area contributed by atoms with Crippen molar-refractivity contribution in [3.63, 3.8) is 0 Å². The van der Waals surface area contributed by atoms with Gasteiger partial charge in [0.2, 0.25) is 0 Å². The van der Waals surface area contributed by atoms with Crippen LogP contribution in [0.4, 0.5) is 0 Å². The lowest BCUT2D eigenvalue weighted by Gasteiger charge is -2.38. The normalized spacial score (nSPS) is 52.2. The zero-order valence-electron chi connectivity index (χ0n) is 12.3. The van der Waals surface area contributed by atoms with E-state index in [1.54, 1.807) is 0 Å². The summed E-state index contributed by atoms with van der Waals surface area (Å²) < 4.78 is 5.99. The number of hydrogen-bond acceptors (Lipinski definition) is 2. The van der Waals surface area contributed by atoms with E-state index in [4.69, 9.17) is 4.74 Å². The van der Waals surface area contributed by atoms with Gasteiger partial charge in [-0.1, -0.05) is 20.8 Å². The van der Waals surface area contributed by atoms with E-state index in [-0.39, 0.29) is 6.10 Å². The van der Waals surface area contributed by atoms with Gasteiger partial charge in [-0.15, -0.1) is 0 Å². The SMILES string of the molecule is CC(C)(C)C1CC[C@]23CO[C@H](C2)[C@](C)(O)CC[C@@H]13. The molecule has 0 aromatic rings. The Kier molecular flexibility index (Phi) is 2.68. The first kappa shape index (κ1) is 12.9. The Morgan fingerprint density at radius 2 is 1.89 bits per heavy atom. The molecule has 2 bridgehead atoms. The number of aliphatic hydroxyl groups is 1. The molecule has 1 spiro atoms. The Balaban J connectivity index is 1.92. The lowest BCUT2D eigenvalue weighted by Crippen LogP contribution is -2.39. The minimum Gasteiger partial charge on any atom is -0.387 e. The summed E-state index contributed by atoms with van der Waals surface area (Å²) in [5.41, 5.74) is 0.182. The Morgan fingerprint density at radius 1 is 1.17 bits per heavy atom. The Labute approximate surface area is 111 Å². The summed E-state index contributed by atoms with van der Waals surface area (Å²) in [6.07, 6.45) is 5.95. The van der Waals surface area contributed by atoms with E-state index in [1.807, 2.05) is 6.92 Å². The summed E-state index contributed by atoms with van der Waals surface area (Å²) in [6, 6.07) is 0. The molecule has 2 nitrogen and oxygen atoms in total. The molecule has 2 aliphatic carbocycles. The van der Waals surface area contributed by atoms with Crippen molar-refractivity contribution in [1.29, 1.82) is 0 Å². The average molecular weight is 252 g/mol. The Morgan fingerprint density at radius 3 is 2.56 bits per heavy atom. The molecule has 104 valence electrons. The number of rotatable bonds is 0. The first-order valence-electron chi connectivity index (χ1n) is 7.59. The third kappa shape index (κ3) is 1.76. The van der Waals surface area contributed by atoms with Crippen LogP contribution in [0, 0.1) is 22.7 Å². The fourth-order valence-corrected chi connectivity index (χ4v) is 4.99. The van der Waals surface area contributed by atoms with Crippen LogP contribution in [0.3, 0.4) is 0 Å². The third-order valence-corrected chi connectivity index (χ3v) is 6.16. The van der Waals surface area contributed by atoms with E-state index in [0.717, 1.165) is 31.3 Å². The van der Waals surface area contributed by atoms with Crippen LogP contribution in [-0.4, -0.2) is 23.4 Å². The minimum atomic E-state index is -0.601. The third-order valence-electron chi connectivity index (χ3n) is 6.16. The van der Waals surface area contributed by atoms with Crippen LogP contribution in [0.15, 0.2) is 0 Å². The molecule has 3 fully saturated rings. The Hall–Kier alpha value is -0.0800. The molecular formula is C16H28O2. The van der Waals surface area contributed by atoms with E-state index in [2.05, 4.69) is 20.8 Å². The maximum atomic E-state index is 10.6. The van der Waals surface area contributed by atoms with Crippen molar-refractivity contribution in [2.45, 2.75) is 71.5 Å². The monoisotopic (exact) mass is 252 g/mol. The van der Waals surface area contributed by atoms with Crippen molar-refractivity contribution < 1.29 is 9.84 Å². The average Bonchev–Trinajstić information content (AvgIpc) is 2.78. The van der Waals surface area contributed by atoms with Gasteiger partial charge in [-0.2, -0.15) is 0 Å². The topological polar surface area (TPSA) is 29.5 Å². The van der Waals surface area contributed by atoms with Gasteiger partial charge >= 0.3 is 0 Å². The predicted molar refractivity (Wildman–Crippen MR) is 72.3 cm³/mol. The molecule has 2 heteroatoms. The molecule has 1 saturated heterocycles. The van der Waals surface area contributed by atoms with Crippen molar-refractivity contribution >= 4 is 0 Å². The summed E-state index contributed by atoms with van der Waals surface area (Å²) in [5, 5.41) is 10.6. The molecule has 0 aromatic carbocycles. The van der Waals surface area contributed by atoms with E-state index in [9.17, 15) is 5.11 Å². The number of fused-ring (bicyclic) bond motifs is 1. The number of ether oxygens (including phenoxy) is 1.